The van der Waals surface area contributed by atoms with Gasteiger partial charge in [-0.2, -0.15) is 0 Å². The molecule has 0 aromatic carbocycles. The van der Waals surface area contributed by atoms with Crippen molar-refractivity contribution in [2.75, 3.05) is 0 Å². The Morgan fingerprint density at radius 1 is 0.885 bits per heavy atom. The Kier molecular flexibility index (Phi) is 16.7. The molecular formula is C22H36O4. The minimum absolute atomic E-state index is 0.145. The molecule has 0 aromatic heterocycles. The molecule has 0 aliphatic heterocycles. The van der Waals surface area contributed by atoms with Crippen molar-refractivity contribution >= 4 is 11.9 Å². The molecule has 0 aliphatic carbocycles. The Hall–Kier alpha value is -1.84. The van der Waals surface area contributed by atoms with E-state index in [9.17, 15) is 9.59 Å². The highest BCUT2D eigenvalue weighted by molar-refractivity contribution is 5.66. The zero-order valence-corrected chi connectivity index (χ0v) is 16.5. The lowest BCUT2D eigenvalue weighted by atomic mass is 10.1. The number of carbonyl (C=O) groups excluding carboxylic acids is 1. The average Bonchev–Trinajstić information content (AvgIpc) is 2.58. The van der Waals surface area contributed by atoms with Crippen LogP contribution in [-0.2, 0) is 14.3 Å². The van der Waals surface area contributed by atoms with E-state index in [2.05, 4.69) is 37.3 Å². The van der Waals surface area contributed by atoms with E-state index >= 15 is 0 Å². The molecule has 26 heavy (non-hydrogen) atoms. The number of carboxylic acid groups (broad SMARTS) is 1. The van der Waals surface area contributed by atoms with Crippen LogP contribution in [0.1, 0.15) is 84.5 Å². The smallest absolute Gasteiger partial charge is 0.303 e. The lowest BCUT2D eigenvalue weighted by Crippen LogP contribution is -2.13. The summed E-state index contributed by atoms with van der Waals surface area (Å²) >= 11 is 0. The second kappa shape index (κ2) is 18.0. The van der Waals surface area contributed by atoms with Gasteiger partial charge in [-0.25, -0.2) is 0 Å². The highest BCUT2D eigenvalue weighted by Crippen LogP contribution is 2.12. The second-order valence-electron chi connectivity index (χ2n) is 6.45. The van der Waals surface area contributed by atoms with Crippen LogP contribution >= 0.6 is 0 Å². The molecule has 4 heteroatoms. The zero-order chi connectivity index (χ0) is 19.5. The number of carbonyl (C=O) groups is 2. The molecule has 0 saturated carbocycles. The van der Waals surface area contributed by atoms with E-state index in [1.807, 2.05) is 6.08 Å². The lowest BCUT2D eigenvalue weighted by molar-refractivity contribution is -0.144. The Labute approximate surface area is 159 Å². The summed E-state index contributed by atoms with van der Waals surface area (Å²) in [5, 5.41) is 8.59. The number of allylic oxidation sites excluding steroid dienone is 5. The first-order valence-electron chi connectivity index (χ1n) is 9.92. The van der Waals surface area contributed by atoms with Gasteiger partial charge in [-0.15, -0.1) is 0 Å². The molecule has 0 aliphatic rings. The van der Waals surface area contributed by atoms with Gasteiger partial charge in [-0.05, 0) is 44.6 Å². The fourth-order valence-corrected chi connectivity index (χ4v) is 2.58. The number of ether oxygens (including phenoxy) is 1. The Bertz CT molecular complexity index is 449. The minimum Gasteiger partial charge on any atom is -0.481 e. The van der Waals surface area contributed by atoms with Crippen molar-refractivity contribution in [1.82, 2.24) is 0 Å². The molecule has 0 bridgehead atoms. The molecule has 148 valence electrons. The third-order valence-corrected chi connectivity index (χ3v) is 3.91. The van der Waals surface area contributed by atoms with Crippen molar-refractivity contribution < 1.29 is 19.4 Å². The summed E-state index contributed by atoms with van der Waals surface area (Å²) in [5.74, 6) is -0.957. The number of esters is 1. The quantitative estimate of drug-likeness (QED) is 0.208. The summed E-state index contributed by atoms with van der Waals surface area (Å²) in [6.07, 6.45) is 22.5. The van der Waals surface area contributed by atoms with Gasteiger partial charge in [0.2, 0.25) is 0 Å². The average molecular weight is 365 g/mol. The maximum Gasteiger partial charge on any atom is 0.303 e. The maximum atomic E-state index is 11.2. The van der Waals surface area contributed by atoms with E-state index in [0.717, 1.165) is 64.2 Å². The molecule has 1 unspecified atom stereocenters. The van der Waals surface area contributed by atoms with Crippen molar-refractivity contribution in [3.05, 3.63) is 36.5 Å². The first kappa shape index (κ1) is 24.2. The van der Waals surface area contributed by atoms with Gasteiger partial charge in [0.05, 0.1) is 0 Å². The minimum atomic E-state index is -0.715. The van der Waals surface area contributed by atoms with Crippen LogP contribution in [0.15, 0.2) is 36.5 Å². The number of rotatable bonds is 16. The maximum absolute atomic E-state index is 11.2. The van der Waals surface area contributed by atoms with Crippen molar-refractivity contribution in [3.63, 3.8) is 0 Å². The van der Waals surface area contributed by atoms with E-state index in [1.165, 1.54) is 6.92 Å². The van der Waals surface area contributed by atoms with E-state index in [0.29, 0.717) is 0 Å². The predicted octanol–water partition coefficient (Wildman–Crippen LogP) is 5.98. The van der Waals surface area contributed by atoms with Gasteiger partial charge in [0.15, 0.2) is 0 Å². The highest BCUT2D eigenvalue weighted by atomic mass is 16.5. The Morgan fingerprint density at radius 3 is 2.08 bits per heavy atom. The molecule has 0 fully saturated rings. The molecule has 0 rings (SSSR count). The van der Waals surface area contributed by atoms with Gasteiger partial charge in [-0.1, -0.05) is 63.0 Å². The van der Waals surface area contributed by atoms with Gasteiger partial charge in [-0.3, -0.25) is 9.59 Å². The number of carboxylic acids is 1. The number of unbranched alkanes of at least 4 members (excludes halogenated alkanes) is 5. The van der Waals surface area contributed by atoms with Crippen LogP contribution < -0.4 is 0 Å². The van der Waals surface area contributed by atoms with Gasteiger partial charge in [0.1, 0.15) is 6.10 Å². The van der Waals surface area contributed by atoms with E-state index < -0.39 is 5.97 Å². The highest BCUT2D eigenvalue weighted by Gasteiger charge is 2.07. The number of hydrogen-bond donors (Lipinski definition) is 1. The largest absolute Gasteiger partial charge is 0.481 e. The Morgan fingerprint density at radius 2 is 1.46 bits per heavy atom. The van der Waals surface area contributed by atoms with Crippen LogP contribution in [0.2, 0.25) is 0 Å². The molecule has 0 saturated heterocycles. The second-order valence-corrected chi connectivity index (χ2v) is 6.45. The molecular weight excluding hydrogens is 328 g/mol. The third-order valence-electron chi connectivity index (χ3n) is 3.91. The zero-order valence-electron chi connectivity index (χ0n) is 16.5. The van der Waals surface area contributed by atoms with Crippen molar-refractivity contribution in [3.8, 4) is 0 Å². The Balaban J connectivity index is 3.90. The summed E-state index contributed by atoms with van der Waals surface area (Å²) in [5.41, 5.74) is 0. The van der Waals surface area contributed by atoms with Gasteiger partial charge in [0, 0.05) is 13.3 Å². The van der Waals surface area contributed by atoms with Crippen LogP contribution in [0.5, 0.6) is 0 Å². The molecule has 0 spiro atoms. The van der Waals surface area contributed by atoms with Crippen LogP contribution in [0.4, 0.5) is 0 Å². The summed E-state index contributed by atoms with van der Waals surface area (Å²) in [6.45, 7) is 3.57. The van der Waals surface area contributed by atoms with Gasteiger partial charge < -0.3 is 9.84 Å². The van der Waals surface area contributed by atoms with E-state index in [-0.39, 0.29) is 18.5 Å². The number of aliphatic carboxylic acids is 1. The van der Waals surface area contributed by atoms with Crippen LogP contribution in [0.3, 0.4) is 0 Å². The van der Waals surface area contributed by atoms with Crippen molar-refractivity contribution in [2.24, 2.45) is 0 Å². The van der Waals surface area contributed by atoms with E-state index in [1.54, 1.807) is 0 Å². The summed E-state index contributed by atoms with van der Waals surface area (Å²) in [7, 11) is 0. The predicted molar refractivity (Wildman–Crippen MR) is 107 cm³/mol. The third kappa shape index (κ3) is 18.5. The summed E-state index contributed by atoms with van der Waals surface area (Å²) in [6, 6.07) is 0. The summed E-state index contributed by atoms with van der Waals surface area (Å²) < 4.78 is 5.36. The topological polar surface area (TPSA) is 63.6 Å². The van der Waals surface area contributed by atoms with Gasteiger partial charge in [0.25, 0.3) is 0 Å². The van der Waals surface area contributed by atoms with Gasteiger partial charge >= 0.3 is 11.9 Å². The fourth-order valence-electron chi connectivity index (χ4n) is 2.58. The molecule has 0 amide bonds. The first-order chi connectivity index (χ1) is 12.6. The summed E-state index contributed by atoms with van der Waals surface area (Å²) in [4.78, 5) is 21.7. The van der Waals surface area contributed by atoms with Crippen LogP contribution in [0.25, 0.3) is 0 Å². The van der Waals surface area contributed by atoms with Crippen LogP contribution in [-0.4, -0.2) is 23.1 Å². The SMILES string of the molecule is CC/C=C\C/C=C\C/C=C\C(CCCCCCCCC(=O)O)OC(C)=O. The van der Waals surface area contributed by atoms with Crippen molar-refractivity contribution in [1.29, 1.82) is 0 Å². The standard InChI is InChI=1S/C22H36O4/c1-3-4-5-6-7-8-11-14-17-21(26-20(2)23)18-15-12-9-10-13-16-19-22(24)25/h4-5,7-8,14,17,21H,3,6,9-13,15-16,18-19H2,1-2H3,(H,24,25)/b5-4-,8-7-,17-14-. The molecule has 0 radical (unpaired) electrons. The monoisotopic (exact) mass is 364 g/mol. The lowest BCUT2D eigenvalue weighted by Gasteiger charge is -2.12. The normalized spacial score (nSPS) is 13.0. The molecule has 4 nitrogen and oxygen atoms in total. The fraction of sp³-hybridized carbons (Fsp3) is 0.636. The molecule has 1 atom stereocenters. The number of hydrogen-bond acceptors (Lipinski definition) is 3. The molecule has 1 N–H and O–H groups in total. The van der Waals surface area contributed by atoms with E-state index in [4.69, 9.17) is 9.84 Å². The molecule has 0 aromatic rings. The molecule has 0 heterocycles. The first-order valence-corrected chi connectivity index (χ1v) is 9.92. The van der Waals surface area contributed by atoms with Crippen LogP contribution in [0, 0.1) is 0 Å². The van der Waals surface area contributed by atoms with Crippen molar-refractivity contribution in [2.45, 2.75) is 90.6 Å².